The van der Waals surface area contributed by atoms with Crippen LogP contribution in [-0.2, 0) is 6.67 Å². The molecule has 0 bridgehead atoms. The average molecular weight is 345 g/mol. The number of fused-ring (bicyclic) bond motifs is 2. The Balaban J connectivity index is 1.55. The second kappa shape index (κ2) is 5.46. The van der Waals surface area contributed by atoms with Crippen LogP contribution in [0.15, 0.2) is 66.9 Å². The van der Waals surface area contributed by atoms with Crippen LogP contribution in [0, 0.1) is 0 Å². The second-order valence-electron chi connectivity index (χ2n) is 6.00. The molecule has 1 aliphatic heterocycles. The monoisotopic (exact) mass is 345 g/mol. The number of anilines is 2. The molecule has 4 aromatic rings. The molecule has 0 saturated carbocycles. The highest BCUT2D eigenvalue weighted by Crippen LogP contribution is 2.31. The van der Waals surface area contributed by atoms with Crippen LogP contribution >= 0.6 is 12.2 Å². The number of hydrogen-bond acceptors (Lipinski definition) is 2. The van der Waals surface area contributed by atoms with Gasteiger partial charge < -0.3 is 10.3 Å². The average Bonchev–Trinajstić information content (AvgIpc) is 3.25. The first-order valence-corrected chi connectivity index (χ1v) is 8.48. The fraction of sp³-hybridized carbons (Fsp3) is 0.0526. The zero-order valence-corrected chi connectivity index (χ0v) is 14.1. The predicted octanol–water partition coefficient (Wildman–Crippen LogP) is 4.21. The van der Waals surface area contributed by atoms with E-state index in [2.05, 4.69) is 22.4 Å². The van der Waals surface area contributed by atoms with Crippen LogP contribution in [0.1, 0.15) is 0 Å². The van der Waals surface area contributed by atoms with E-state index in [1.54, 1.807) is 0 Å². The summed E-state index contributed by atoms with van der Waals surface area (Å²) in [7, 11) is 0. The molecule has 25 heavy (non-hydrogen) atoms. The molecule has 2 aromatic carbocycles. The van der Waals surface area contributed by atoms with Crippen LogP contribution in [0.25, 0.3) is 22.2 Å². The molecule has 6 heteroatoms. The third kappa shape index (κ3) is 2.30. The molecular weight excluding hydrogens is 330 g/mol. The van der Waals surface area contributed by atoms with Gasteiger partial charge in [-0.25, -0.2) is 4.68 Å². The van der Waals surface area contributed by atoms with Crippen molar-refractivity contribution < 1.29 is 0 Å². The molecule has 0 saturated heterocycles. The maximum absolute atomic E-state index is 5.54. The van der Waals surface area contributed by atoms with E-state index in [9.17, 15) is 0 Å². The molecule has 3 heterocycles. The molecule has 1 aliphatic rings. The predicted molar refractivity (Wildman–Crippen MR) is 105 cm³/mol. The Labute approximate surface area is 149 Å². The summed E-state index contributed by atoms with van der Waals surface area (Å²) in [4.78, 5) is 5.34. The van der Waals surface area contributed by atoms with Crippen LogP contribution < -0.4 is 10.2 Å². The summed E-state index contributed by atoms with van der Waals surface area (Å²) in [5, 5.41) is 9.92. The van der Waals surface area contributed by atoms with E-state index in [1.807, 2.05) is 64.3 Å². The third-order valence-electron chi connectivity index (χ3n) is 4.47. The first-order valence-electron chi connectivity index (χ1n) is 8.07. The Kier molecular flexibility index (Phi) is 3.11. The summed E-state index contributed by atoms with van der Waals surface area (Å²) < 4.78 is 1.94. The summed E-state index contributed by atoms with van der Waals surface area (Å²) in [6.07, 6.45) is 2.01. The lowest BCUT2D eigenvalue weighted by molar-refractivity contribution is 0.631. The van der Waals surface area contributed by atoms with E-state index in [-0.39, 0.29) is 0 Å². The number of thiocarbonyl (C=S) groups is 1. The van der Waals surface area contributed by atoms with Crippen molar-refractivity contribution in [3.05, 3.63) is 66.9 Å². The minimum atomic E-state index is 0.591. The minimum absolute atomic E-state index is 0.591. The van der Waals surface area contributed by atoms with Gasteiger partial charge in [-0.2, -0.15) is 5.10 Å². The molecule has 2 N–H and O–H groups in total. The number of rotatable bonds is 2. The number of aromatic amines is 1. The van der Waals surface area contributed by atoms with Gasteiger partial charge in [0.15, 0.2) is 5.11 Å². The van der Waals surface area contributed by atoms with Crippen LogP contribution in [0.2, 0.25) is 0 Å². The molecule has 0 fully saturated rings. The van der Waals surface area contributed by atoms with Gasteiger partial charge >= 0.3 is 0 Å². The first kappa shape index (κ1) is 14.2. The summed E-state index contributed by atoms with van der Waals surface area (Å²) >= 11 is 5.54. The Morgan fingerprint density at radius 2 is 1.80 bits per heavy atom. The van der Waals surface area contributed by atoms with Crippen LogP contribution in [0.5, 0.6) is 0 Å². The van der Waals surface area contributed by atoms with E-state index in [1.165, 1.54) is 5.39 Å². The van der Waals surface area contributed by atoms with Crippen molar-refractivity contribution in [3.8, 4) is 11.3 Å². The lowest BCUT2D eigenvalue weighted by Crippen LogP contribution is -2.41. The molecule has 122 valence electrons. The molecule has 5 rings (SSSR count). The smallest absolute Gasteiger partial charge is 0.180 e. The van der Waals surface area contributed by atoms with Crippen molar-refractivity contribution in [1.29, 1.82) is 0 Å². The van der Waals surface area contributed by atoms with Gasteiger partial charge in [-0.3, -0.25) is 4.90 Å². The Morgan fingerprint density at radius 1 is 1.00 bits per heavy atom. The van der Waals surface area contributed by atoms with Gasteiger partial charge in [0.2, 0.25) is 0 Å². The number of nitrogens with zero attached hydrogens (tertiary/aromatic N) is 3. The van der Waals surface area contributed by atoms with Gasteiger partial charge in [0.05, 0.1) is 5.69 Å². The largest absolute Gasteiger partial charge is 0.360 e. The van der Waals surface area contributed by atoms with Gasteiger partial charge in [0, 0.05) is 34.4 Å². The summed E-state index contributed by atoms with van der Waals surface area (Å²) in [5.74, 6) is 0.914. The Hall–Kier alpha value is -3.12. The van der Waals surface area contributed by atoms with Gasteiger partial charge in [0.1, 0.15) is 12.5 Å². The normalized spacial score (nSPS) is 13.8. The number of hydrogen-bond donors (Lipinski definition) is 2. The topological polar surface area (TPSA) is 48.9 Å². The van der Waals surface area contributed by atoms with E-state index in [0.29, 0.717) is 11.8 Å². The molecule has 2 aromatic heterocycles. The zero-order valence-electron chi connectivity index (χ0n) is 13.3. The molecule has 0 amide bonds. The molecule has 0 aliphatic carbocycles. The lowest BCUT2D eigenvalue weighted by Gasteiger charge is -2.30. The van der Waals surface area contributed by atoms with Crippen molar-refractivity contribution in [1.82, 2.24) is 14.8 Å². The summed E-state index contributed by atoms with van der Waals surface area (Å²) in [6.45, 7) is 0.591. The van der Waals surface area contributed by atoms with Crippen molar-refractivity contribution in [2.45, 2.75) is 6.67 Å². The fourth-order valence-corrected chi connectivity index (χ4v) is 3.49. The third-order valence-corrected chi connectivity index (χ3v) is 4.79. The number of H-pyrrole nitrogens is 1. The van der Waals surface area contributed by atoms with E-state index < -0.39 is 0 Å². The Morgan fingerprint density at radius 3 is 2.68 bits per heavy atom. The van der Waals surface area contributed by atoms with Gasteiger partial charge in [-0.15, -0.1) is 0 Å². The second-order valence-corrected chi connectivity index (χ2v) is 6.38. The SMILES string of the molecule is S=C1Nc2cc(-c3c[nH]c4ccccc34)nn2CN1c1ccccc1. The van der Waals surface area contributed by atoms with Crippen LogP contribution in [0.3, 0.4) is 0 Å². The van der Waals surface area contributed by atoms with Gasteiger partial charge in [-0.1, -0.05) is 36.4 Å². The van der Waals surface area contributed by atoms with Crippen molar-refractivity contribution >= 4 is 39.7 Å². The highest BCUT2D eigenvalue weighted by Gasteiger charge is 2.23. The highest BCUT2D eigenvalue weighted by molar-refractivity contribution is 7.80. The number of para-hydroxylation sites is 2. The van der Waals surface area contributed by atoms with Crippen molar-refractivity contribution in [3.63, 3.8) is 0 Å². The molecule has 0 radical (unpaired) electrons. The highest BCUT2D eigenvalue weighted by atomic mass is 32.1. The zero-order chi connectivity index (χ0) is 16.8. The number of benzene rings is 2. The first-order chi connectivity index (χ1) is 12.3. The van der Waals surface area contributed by atoms with Crippen LogP contribution in [-0.4, -0.2) is 19.9 Å². The van der Waals surface area contributed by atoms with Gasteiger partial charge in [0.25, 0.3) is 0 Å². The molecule has 0 atom stereocenters. The summed E-state index contributed by atoms with van der Waals surface area (Å²) in [5.41, 5.74) is 4.18. The lowest BCUT2D eigenvalue weighted by atomic mass is 10.1. The molecule has 5 nitrogen and oxygen atoms in total. The maximum Gasteiger partial charge on any atom is 0.180 e. The Bertz CT molecular complexity index is 1080. The van der Waals surface area contributed by atoms with Gasteiger partial charge in [-0.05, 0) is 30.4 Å². The fourth-order valence-electron chi connectivity index (χ4n) is 3.22. The van der Waals surface area contributed by atoms with Crippen LogP contribution in [0.4, 0.5) is 11.5 Å². The summed E-state index contributed by atoms with van der Waals surface area (Å²) in [6, 6.07) is 20.4. The van der Waals surface area contributed by atoms with E-state index in [0.717, 1.165) is 28.3 Å². The number of nitrogens with one attached hydrogen (secondary N) is 2. The quantitative estimate of drug-likeness (QED) is 0.535. The van der Waals surface area contributed by atoms with Crippen molar-refractivity contribution in [2.24, 2.45) is 0 Å². The molecule has 0 spiro atoms. The molecular formula is C19H15N5S. The van der Waals surface area contributed by atoms with Crippen molar-refractivity contribution in [2.75, 3.05) is 10.2 Å². The minimum Gasteiger partial charge on any atom is -0.360 e. The van der Waals surface area contributed by atoms with E-state index >= 15 is 0 Å². The standard InChI is InChI=1S/C19H15N5S/c25-19-21-18-10-17(15-11-20-16-9-5-4-8-14(15)16)22-24(18)12-23(19)13-6-2-1-3-7-13/h1-11,20H,12H2,(H,21,25). The maximum atomic E-state index is 5.54. The van der Waals surface area contributed by atoms with E-state index in [4.69, 9.17) is 17.3 Å². The number of aromatic nitrogens is 3. The molecule has 0 unspecified atom stereocenters.